The normalized spacial score (nSPS) is 11.9. The van der Waals surface area contributed by atoms with Crippen molar-refractivity contribution in [2.24, 2.45) is 0 Å². The quantitative estimate of drug-likeness (QED) is 0.543. The number of hydrogen-bond donors (Lipinski definition) is 1. The van der Waals surface area contributed by atoms with Crippen molar-refractivity contribution in [1.82, 2.24) is 24.7 Å². The Balaban J connectivity index is 1.66. The van der Waals surface area contributed by atoms with Crippen LogP contribution in [-0.2, 0) is 6.42 Å². The van der Waals surface area contributed by atoms with Gasteiger partial charge in [0, 0.05) is 42.1 Å². The Labute approximate surface area is 164 Å². The van der Waals surface area contributed by atoms with E-state index >= 15 is 0 Å². The van der Waals surface area contributed by atoms with Crippen molar-refractivity contribution in [2.75, 3.05) is 5.32 Å². The Morgan fingerprint density at radius 2 is 1.82 bits per heavy atom. The molecule has 1 N–H and O–H groups in total. The van der Waals surface area contributed by atoms with Crippen molar-refractivity contribution in [3.8, 4) is 17.1 Å². The molecule has 0 aliphatic rings. The third-order valence-corrected chi connectivity index (χ3v) is 4.60. The first kappa shape index (κ1) is 17.9. The average Bonchev–Trinajstić information content (AvgIpc) is 3.29. The molecule has 140 valence electrons. The summed E-state index contributed by atoms with van der Waals surface area (Å²) in [6.45, 7) is 4.22. The largest absolute Gasteiger partial charge is 0.363 e. The van der Waals surface area contributed by atoms with Gasteiger partial charge in [0.25, 0.3) is 0 Å². The Kier molecular flexibility index (Phi) is 5.10. The highest BCUT2D eigenvalue weighted by molar-refractivity contribution is 5.57. The Morgan fingerprint density at radius 1 is 1.00 bits per heavy atom. The van der Waals surface area contributed by atoms with Gasteiger partial charge in [-0.2, -0.15) is 5.10 Å². The van der Waals surface area contributed by atoms with Gasteiger partial charge in [-0.3, -0.25) is 4.98 Å². The van der Waals surface area contributed by atoms with Gasteiger partial charge in [0.05, 0.1) is 11.7 Å². The number of aryl methyl sites for hydroxylation is 1. The van der Waals surface area contributed by atoms with E-state index in [1.165, 1.54) is 0 Å². The van der Waals surface area contributed by atoms with Crippen molar-refractivity contribution in [2.45, 2.75) is 26.3 Å². The monoisotopic (exact) mass is 370 g/mol. The number of nitrogens with one attached hydrogen (secondary N) is 1. The van der Waals surface area contributed by atoms with Crippen LogP contribution < -0.4 is 5.32 Å². The Hall–Kier alpha value is -3.54. The number of pyridine rings is 1. The molecule has 4 rings (SSSR count). The summed E-state index contributed by atoms with van der Waals surface area (Å²) in [6, 6.07) is 16.1. The van der Waals surface area contributed by atoms with Crippen LogP contribution in [0.15, 0.2) is 73.3 Å². The molecule has 3 aromatic heterocycles. The summed E-state index contributed by atoms with van der Waals surface area (Å²) < 4.78 is 1.88. The van der Waals surface area contributed by atoms with E-state index in [1.54, 1.807) is 18.6 Å². The molecule has 0 amide bonds. The maximum Gasteiger partial charge on any atom is 0.161 e. The summed E-state index contributed by atoms with van der Waals surface area (Å²) in [7, 11) is 0. The Bertz CT molecular complexity index is 1040. The van der Waals surface area contributed by atoms with Crippen molar-refractivity contribution in [3.05, 3.63) is 84.6 Å². The van der Waals surface area contributed by atoms with Gasteiger partial charge in [0.1, 0.15) is 5.82 Å². The molecule has 0 saturated carbocycles. The molecule has 28 heavy (non-hydrogen) atoms. The molecule has 1 atom stereocenters. The predicted molar refractivity (Wildman–Crippen MR) is 110 cm³/mol. The smallest absolute Gasteiger partial charge is 0.161 e. The lowest BCUT2D eigenvalue weighted by Gasteiger charge is -2.19. The molecular weight excluding hydrogens is 348 g/mol. The van der Waals surface area contributed by atoms with E-state index in [4.69, 9.17) is 4.98 Å². The van der Waals surface area contributed by atoms with Crippen LogP contribution in [-0.4, -0.2) is 24.7 Å². The molecule has 0 radical (unpaired) electrons. The molecule has 0 saturated heterocycles. The number of anilines is 1. The van der Waals surface area contributed by atoms with Crippen LogP contribution >= 0.6 is 0 Å². The second-order valence-electron chi connectivity index (χ2n) is 6.53. The van der Waals surface area contributed by atoms with E-state index in [2.05, 4.69) is 46.4 Å². The lowest BCUT2D eigenvalue weighted by Crippen LogP contribution is -2.12. The van der Waals surface area contributed by atoms with Crippen molar-refractivity contribution >= 4 is 5.82 Å². The predicted octanol–water partition coefficient (Wildman–Crippen LogP) is 4.46. The van der Waals surface area contributed by atoms with Crippen LogP contribution in [0.2, 0.25) is 0 Å². The van der Waals surface area contributed by atoms with Crippen LogP contribution in [0.25, 0.3) is 17.1 Å². The van der Waals surface area contributed by atoms with E-state index in [9.17, 15) is 0 Å². The summed E-state index contributed by atoms with van der Waals surface area (Å²) in [4.78, 5) is 13.5. The maximum absolute atomic E-state index is 4.74. The molecule has 0 aliphatic carbocycles. The molecule has 4 aromatic rings. The topological polar surface area (TPSA) is 68.5 Å². The van der Waals surface area contributed by atoms with Gasteiger partial charge in [-0.05, 0) is 43.2 Å². The minimum atomic E-state index is 0.0466. The van der Waals surface area contributed by atoms with Gasteiger partial charge in [-0.1, -0.05) is 25.1 Å². The zero-order valence-corrected chi connectivity index (χ0v) is 15.9. The first-order chi connectivity index (χ1) is 13.7. The van der Waals surface area contributed by atoms with Gasteiger partial charge in [0.15, 0.2) is 5.82 Å². The third-order valence-electron chi connectivity index (χ3n) is 4.60. The van der Waals surface area contributed by atoms with Gasteiger partial charge < -0.3 is 5.32 Å². The van der Waals surface area contributed by atoms with E-state index in [0.717, 1.165) is 34.7 Å². The molecular formula is C22H22N6. The van der Waals surface area contributed by atoms with Gasteiger partial charge in [0.2, 0.25) is 0 Å². The molecule has 1 aromatic carbocycles. The maximum atomic E-state index is 4.74. The van der Waals surface area contributed by atoms with E-state index in [-0.39, 0.29) is 6.04 Å². The number of benzene rings is 1. The minimum absolute atomic E-state index is 0.0466. The van der Waals surface area contributed by atoms with Crippen LogP contribution in [0.5, 0.6) is 0 Å². The van der Waals surface area contributed by atoms with Gasteiger partial charge in [-0.25, -0.2) is 14.6 Å². The van der Waals surface area contributed by atoms with Gasteiger partial charge in [-0.15, -0.1) is 0 Å². The number of hydrogen-bond acceptors (Lipinski definition) is 5. The number of para-hydroxylation sites is 1. The molecule has 0 bridgehead atoms. The lowest BCUT2D eigenvalue weighted by atomic mass is 10.1. The highest BCUT2D eigenvalue weighted by atomic mass is 15.3. The fraction of sp³-hybridized carbons (Fsp3) is 0.182. The molecule has 1 unspecified atom stereocenters. The first-order valence-corrected chi connectivity index (χ1v) is 9.38. The fourth-order valence-electron chi connectivity index (χ4n) is 3.16. The zero-order chi connectivity index (χ0) is 19.3. The summed E-state index contributed by atoms with van der Waals surface area (Å²) in [5.41, 5.74) is 4.15. The second-order valence-corrected chi connectivity index (χ2v) is 6.53. The van der Waals surface area contributed by atoms with Crippen LogP contribution in [0.3, 0.4) is 0 Å². The highest BCUT2D eigenvalue weighted by Crippen LogP contribution is 2.25. The van der Waals surface area contributed by atoms with E-state index < -0.39 is 0 Å². The van der Waals surface area contributed by atoms with Gasteiger partial charge >= 0.3 is 0 Å². The number of aromatic nitrogens is 5. The third kappa shape index (κ3) is 3.76. The SMILES string of the molecule is CCc1cc(NC(C)c2ccccc2-n2cccn2)nc(-c2ccncc2)n1. The summed E-state index contributed by atoms with van der Waals surface area (Å²) in [5.74, 6) is 1.51. The molecule has 0 fully saturated rings. The lowest BCUT2D eigenvalue weighted by molar-refractivity contribution is 0.812. The highest BCUT2D eigenvalue weighted by Gasteiger charge is 2.14. The van der Waals surface area contributed by atoms with Crippen molar-refractivity contribution < 1.29 is 0 Å². The Morgan fingerprint density at radius 3 is 2.57 bits per heavy atom. The van der Waals surface area contributed by atoms with Crippen LogP contribution in [0.4, 0.5) is 5.82 Å². The molecule has 0 spiro atoms. The van der Waals surface area contributed by atoms with Crippen LogP contribution in [0, 0.1) is 0 Å². The van der Waals surface area contributed by atoms with Crippen molar-refractivity contribution in [3.63, 3.8) is 0 Å². The molecule has 0 aliphatic heterocycles. The number of rotatable bonds is 6. The summed E-state index contributed by atoms with van der Waals surface area (Å²) in [5, 5.41) is 7.91. The van der Waals surface area contributed by atoms with E-state index in [0.29, 0.717) is 5.82 Å². The van der Waals surface area contributed by atoms with Crippen molar-refractivity contribution in [1.29, 1.82) is 0 Å². The molecule has 6 heteroatoms. The molecule has 3 heterocycles. The minimum Gasteiger partial charge on any atom is -0.363 e. The fourth-order valence-corrected chi connectivity index (χ4v) is 3.16. The second kappa shape index (κ2) is 8.00. The first-order valence-electron chi connectivity index (χ1n) is 9.38. The van der Waals surface area contributed by atoms with E-state index in [1.807, 2.05) is 47.3 Å². The summed E-state index contributed by atoms with van der Waals surface area (Å²) >= 11 is 0. The average molecular weight is 370 g/mol. The summed E-state index contributed by atoms with van der Waals surface area (Å²) in [6.07, 6.45) is 8.09. The molecule has 6 nitrogen and oxygen atoms in total. The van der Waals surface area contributed by atoms with Crippen LogP contribution in [0.1, 0.15) is 31.1 Å². The standard InChI is InChI=1S/C22H22N6/c1-3-18-15-21(27-22(26-18)17-9-12-23-13-10-17)25-16(2)19-7-4-5-8-20(19)28-14-6-11-24-28/h4-16H,3H2,1-2H3,(H,25,26,27). The zero-order valence-electron chi connectivity index (χ0n) is 15.9. The number of nitrogens with zero attached hydrogens (tertiary/aromatic N) is 5.